The van der Waals surface area contributed by atoms with Crippen molar-refractivity contribution >= 4 is 29.6 Å². The van der Waals surface area contributed by atoms with Crippen molar-refractivity contribution in [2.45, 2.75) is 25.9 Å². The van der Waals surface area contributed by atoms with Crippen molar-refractivity contribution in [2.75, 3.05) is 0 Å². The highest BCUT2D eigenvalue weighted by Crippen LogP contribution is 2.25. The number of carboxylic acids is 1. The molecular formula is C18H18ClN3O3. The smallest absolute Gasteiger partial charge is 0.326 e. The van der Waals surface area contributed by atoms with Crippen LogP contribution in [-0.4, -0.2) is 37.7 Å². The van der Waals surface area contributed by atoms with Crippen LogP contribution in [0.15, 0.2) is 30.3 Å². The molecule has 1 N–H and O–H groups in total. The molecule has 2 heterocycles. The molecule has 3 rings (SSSR count). The van der Waals surface area contributed by atoms with Crippen molar-refractivity contribution in [1.29, 1.82) is 0 Å². The molecule has 0 radical (unpaired) electrons. The third-order valence-corrected chi connectivity index (χ3v) is 4.85. The number of hydrogen-bond acceptors (Lipinski definition) is 3. The third kappa shape index (κ3) is 3.30. The van der Waals surface area contributed by atoms with Crippen LogP contribution in [0.2, 0.25) is 5.15 Å². The van der Waals surface area contributed by atoms with Gasteiger partial charge in [0, 0.05) is 31.7 Å². The molecule has 0 saturated heterocycles. The van der Waals surface area contributed by atoms with Gasteiger partial charge >= 0.3 is 5.97 Å². The molecule has 0 bridgehead atoms. The number of amides is 1. The van der Waals surface area contributed by atoms with E-state index in [9.17, 15) is 14.7 Å². The highest BCUT2D eigenvalue weighted by atomic mass is 35.5. The van der Waals surface area contributed by atoms with Crippen molar-refractivity contribution in [2.24, 2.45) is 7.05 Å². The minimum Gasteiger partial charge on any atom is -0.480 e. The molecule has 25 heavy (non-hydrogen) atoms. The Labute approximate surface area is 150 Å². The first kappa shape index (κ1) is 17.2. The highest BCUT2D eigenvalue weighted by Gasteiger charge is 2.33. The molecule has 1 aliphatic rings. The van der Waals surface area contributed by atoms with E-state index in [2.05, 4.69) is 5.10 Å². The standard InChI is InChI=1S/C18H18ClN3O3/c1-11-14(17(19)21(2)20-11)7-8-16(23)22-10-13-6-4-3-5-12(13)9-15(22)18(24)25/h3-8,15H,9-10H2,1-2H3,(H,24,25). The summed E-state index contributed by atoms with van der Waals surface area (Å²) in [6.45, 7) is 2.07. The summed E-state index contributed by atoms with van der Waals surface area (Å²) in [5.41, 5.74) is 3.29. The number of aliphatic carboxylic acids is 1. The summed E-state index contributed by atoms with van der Waals surface area (Å²) >= 11 is 6.16. The highest BCUT2D eigenvalue weighted by molar-refractivity contribution is 6.31. The van der Waals surface area contributed by atoms with Crippen LogP contribution in [0.5, 0.6) is 0 Å². The Balaban J connectivity index is 1.87. The summed E-state index contributed by atoms with van der Waals surface area (Å²) in [5.74, 6) is -1.37. The van der Waals surface area contributed by atoms with E-state index in [-0.39, 0.29) is 12.5 Å². The normalized spacial score (nSPS) is 16.9. The molecule has 1 aromatic carbocycles. The van der Waals surface area contributed by atoms with Gasteiger partial charge in [-0.2, -0.15) is 5.10 Å². The lowest BCUT2D eigenvalue weighted by molar-refractivity contribution is -0.149. The molecule has 0 spiro atoms. The lowest BCUT2D eigenvalue weighted by Gasteiger charge is -2.33. The first-order valence-corrected chi connectivity index (χ1v) is 8.23. The Bertz CT molecular complexity index is 872. The van der Waals surface area contributed by atoms with E-state index >= 15 is 0 Å². The Hall–Kier alpha value is -2.60. The summed E-state index contributed by atoms with van der Waals surface area (Å²) in [6.07, 6.45) is 3.25. The van der Waals surface area contributed by atoms with Crippen LogP contribution in [0.3, 0.4) is 0 Å². The molecule has 1 aliphatic heterocycles. The maximum Gasteiger partial charge on any atom is 0.326 e. The lowest BCUT2D eigenvalue weighted by Crippen LogP contribution is -2.48. The SMILES string of the molecule is Cc1nn(C)c(Cl)c1C=CC(=O)N1Cc2ccccc2CC1C(=O)O. The van der Waals surface area contributed by atoms with E-state index in [0.717, 1.165) is 11.1 Å². The second-order valence-corrected chi connectivity index (χ2v) is 6.40. The van der Waals surface area contributed by atoms with Gasteiger partial charge in [0.1, 0.15) is 11.2 Å². The zero-order valence-electron chi connectivity index (χ0n) is 13.9. The van der Waals surface area contributed by atoms with Crippen molar-refractivity contribution in [3.8, 4) is 0 Å². The van der Waals surface area contributed by atoms with Gasteiger partial charge in [-0.15, -0.1) is 0 Å². The summed E-state index contributed by atoms with van der Waals surface area (Å²) < 4.78 is 1.53. The number of rotatable bonds is 3. The topological polar surface area (TPSA) is 75.4 Å². The monoisotopic (exact) mass is 359 g/mol. The third-order valence-electron chi connectivity index (χ3n) is 4.41. The fourth-order valence-electron chi connectivity index (χ4n) is 3.06. The molecule has 0 saturated carbocycles. The van der Waals surface area contributed by atoms with Crippen molar-refractivity contribution in [1.82, 2.24) is 14.7 Å². The number of carbonyl (C=O) groups is 2. The molecule has 1 unspecified atom stereocenters. The second kappa shape index (κ2) is 6.72. The first-order chi connectivity index (χ1) is 11.9. The van der Waals surface area contributed by atoms with Crippen LogP contribution in [0, 0.1) is 6.92 Å². The fraction of sp³-hybridized carbons (Fsp3) is 0.278. The number of carboxylic acid groups (broad SMARTS) is 1. The van der Waals surface area contributed by atoms with Crippen LogP contribution < -0.4 is 0 Å². The maximum absolute atomic E-state index is 12.6. The van der Waals surface area contributed by atoms with Gasteiger partial charge in [-0.3, -0.25) is 9.48 Å². The first-order valence-electron chi connectivity index (χ1n) is 7.86. The second-order valence-electron chi connectivity index (χ2n) is 6.04. The summed E-state index contributed by atoms with van der Waals surface area (Å²) in [6, 6.07) is 6.71. The molecule has 6 nitrogen and oxygen atoms in total. The minimum atomic E-state index is -1.01. The number of nitrogens with zero attached hydrogens (tertiary/aromatic N) is 3. The summed E-state index contributed by atoms with van der Waals surface area (Å²) in [7, 11) is 1.72. The quantitative estimate of drug-likeness (QED) is 0.854. The maximum atomic E-state index is 12.6. The predicted octanol–water partition coefficient (Wildman–Crippen LogP) is 2.43. The zero-order chi connectivity index (χ0) is 18.1. The van der Waals surface area contributed by atoms with Crippen LogP contribution in [0.1, 0.15) is 22.4 Å². The van der Waals surface area contributed by atoms with Crippen LogP contribution in [-0.2, 0) is 29.6 Å². The zero-order valence-corrected chi connectivity index (χ0v) is 14.7. The molecule has 0 aliphatic carbocycles. The van der Waals surface area contributed by atoms with E-state index in [1.165, 1.54) is 15.7 Å². The van der Waals surface area contributed by atoms with Gasteiger partial charge in [-0.25, -0.2) is 4.79 Å². The Kier molecular flexibility index (Phi) is 4.63. The Morgan fingerprint density at radius 3 is 2.60 bits per heavy atom. The summed E-state index contributed by atoms with van der Waals surface area (Å²) in [5, 5.41) is 14.1. The van der Waals surface area contributed by atoms with E-state index in [0.29, 0.717) is 22.8 Å². The van der Waals surface area contributed by atoms with Crippen LogP contribution in [0.4, 0.5) is 0 Å². The van der Waals surface area contributed by atoms with Gasteiger partial charge in [0.25, 0.3) is 0 Å². The molecule has 130 valence electrons. The number of halogens is 1. The number of fused-ring (bicyclic) bond motifs is 1. The lowest BCUT2D eigenvalue weighted by atomic mass is 9.94. The van der Waals surface area contributed by atoms with Crippen LogP contribution in [0.25, 0.3) is 6.08 Å². The Morgan fingerprint density at radius 1 is 1.32 bits per heavy atom. The van der Waals surface area contributed by atoms with Gasteiger partial charge in [0.05, 0.1) is 5.69 Å². The number of hydrogen-bond donors (Lipinski definition) is 1. The van der Waals surface area contributed by atoms with Crippen LogP contribution >= 0.6 is 11.6 Å². The Morgan fingerprint density at radius 2 is 2.00 bits per heavy atom. The number of aromatic nitrogens is 2. The van der Waals surface area contributed by atoms with Crippen molar-refractivity contribution in [3.63, 3.8) is 0 Å². The van der Waals surface area contributed by atoms with Gasteiger partial charge < -0.3 is 10.0 Å². The van der Waals surface area contributed by atoms with E-state index in [1.807, 2.05) is 24.3 Å². The molecule has 7 heteroatoms. The number of benzene rings is 1. The van der Waals surface area contributed by atoms with Gasteiger partial charge in [0.2, 0.25) is 5.91 Å². The molecule has 1 atom stereocenters. The van der Waals surface area contributed by atoms with Crippen molar-refractivity contribution < 1.29 is 14.7 Å². The predicted molar refractivity (Wildman–Crippen MR) is 94.1 cm³/mol. The average molecular weight is 360 g/mol. The van der Waals surface area contributed by atoms with Gasteiger partial charge in [-0.05, 0) is 24.1 Å². The molecule has 0 fully saturated rings. The van der Waals surface area contributed by atoms with Gasteiger partial charge in [-0.1, -0.05) is 35.9 Å². The van der Waals surface area contributed by atoms with Gasteiger partial charge in [0.15, 0.2) is 0 Å². The van der Waals surface area contributed by atoms with E-state index in [4.69, 9.17) is 11.6 Å². The number of aryl methyl sites for hydroxylation is 2. The molecule has 1 aromatic heterocycles. The number of carbonyl (C=O) groups excluding carboxylic acids is 1. The molecule has 1 amide bonds. The minimum absolute atomic E-state index is 0.274. The van der Waals surface area contributed by atoms with E-state index in [1.54, 1.807) is 20.0 Å². The van der Waals surface area contributed by atoms with Crippen molar-refractivity contribution in [3.05, 3.63) is 57.9 Å². The largest absolute Gasteiger partial charge is 0.480 e. The molecule has 2 aromatic rings. The molecular weight excluding hydrogens is 342 g/mol. The fourth-order valence-corrected chi connectivity index (χ4v) is 3.30. The van der Waals surface area contributed by atoms with E-state index < -0.39 is 12.0 Å². The summed E-state index contributed by atoms with van der Waals surface area (Å²) in [4.78, 5) is 25.6. The average Bonchev–Trinajstić information content (AvgIpc) is 2.83.